The maximum absolute atomic E-state index is 12.1. The van der Waals surface area contributed by atoms with Gasteiger partial charge in [0.25, 0.3) is 5.91 Å². The molecule has 22 heavy (non-hydrogen) atoms. The van der Waals surface area contributed by atoms with Gasteiger partial charge in [-0.15, -0.1) is 11.3 Å². The first-order chi connectivity index (χ1) is 10.6. The minimum absolute atomic E-state index is 0.102. The first kappa shape index (κ1) is 14.6. The molecule has 1 aliphatic rings. The Morgan fingerprint density at radius 2 is 2.09 bits per heavy atom. The molecule has 0 aliphatic carbocycles. The second-order valence-electron chi connectivity index (χ2n) is 5.19. The van der Waals surface area contributed by atoms with E-state index in [2.05, 4.69) is 22.3 Å². The van der Waals surface area contributed by atoms with Crippen LogP contribution in [0.4, 0.5) is 10.7 Å². The third kappa shape index (κ3) is 2.96. The molecular weight excluding hydrogens is 298 g/mol. The summed E-state index contributed by atoms with van der Waals surface area (Å²) >= 11 is 1.31. The molecule has 2 aromatic rings. The fraction of sp³-hybridized carbons (Fsp3) is 0.250. The minimum Gasteiger partial charge on any atom is -0.370 e. The molecule has 1 aliphatic heterocycles. The number of primary amides is 1. The summed E-state index contributed by atoms with van der Waals surface area (Å²) in [5, 5.41) is 5.04. The minimum atomic E-state index is -0.523. The summed E-state index contributed by atoms with van der Waals surface area (Å²) < 4.78 is 0. The van der Waals surface area contributed by atoms with Crippen molar-refractivity contribution in [3.05, 3.63) is 46.8 Å². The van der Waals surface area contributed by atoms with Gasteiger partial charge in [-0.3, -0.25) is 9.59 Å². The van der Waals surface area contributed by atoms with Crippen LogP contribution in [-0.2, 0) is 11.2 Å². The van der Waals surface area contributed by atoms with E-state index in [-0.39, 0.29) is 5.91 Å². The van der Waals surface area contributed by atoms with Crippen molar-refractivity contribution in [2.75, 3.05) is 23.3 Å². The van der Waals surface area contributed by atoms with Gasteiger partial charge in [0.05, 0.1) is 5.56 Å². The smallest absolute Gasteiger partial charge is 0.251 e. The Hall–Kier alpha value is -2.34. The Bertz CT molecular complexity index is 711. The topological polar surface area (TPSA) is 75.4 Å². The van der Waals surface area contributed by atoms with Crippen molar-refractivity contribution in [1.82, 2.24) is 0 Å². The predicted octanol–water partition coefficient (Wildman–Crippen LogP) is 2.24. The highest BCUT2D eigenvalue weighted by atomic mass is 32.1. The molecular formula is C16H17N3O2S. The van der Waals surface area contributed by atoms with Crippen LogP contribution in [0, 0.1) is 0 Å². The molecule has 0 bridgehead atoms. The largest absolute Gasteiger partial charge is 0.370 e. The van der Waals surface area contributed by atoms with Gasteiger partial charge in [0, 0.05) is 25.2 Å². The standard InChI is InChI=1S/C16H17N3O2S/c17-15(21)12-7-10-22-16(12)18-14(20)6-9-19-8-5-11-3-1-2-4-13(11)19/h1-4,7,10H,5-6,8-9H2,(H2,17,21)(H,18,20). The highest BCUT2D eigenvalue weighted by Crippen LogP contribution is 2.27. The van der Waals surface area contributed by atoms with E-state index in [1.807, 2.05) is 12.1 Å². The van der Waals surface area contributed by atoms with E-state index in [4.69, 9.17) is 5.73 Å². The lowest BCUT2D eigenvalue weighted by molar-refractivity contribution is -0.116. The number of carbonyl (C=O) groups excluding carboxylic acids is 2. The number of nitrogens with zero attached hydrogens (tertiary/aromatic N) is 1. The zero-order valence-corrected chi connectivity index (χ0v) is 12.9. The third-order valence-electron chi connectivity index (χ3n) is 3.78. The van der Waals surface area contributed by atoms with Gasteiger partial charge < -0.3 is 16.0 Å². The van der Waals surface area contributed by atoms with Crippen molar-refractivity contribution < 1.29 is 9.59 Å². The number of benzene rings is 1. The van der Waals surface area contributed by atoms with Crippen LogP contribution in [0.25, 0.3) is 0 Å². The molecule has 3 N–H and O–H groups in total. The average molecular weight is 315 g/mol. The SMILES string of the molecule is NC(=O)c1ccsc1NC(=O)CCN1CCc2ccccc21. The summed E-state index contributed by atoms with van der Waals surface area (Å²) in [5.41, 5.74) is 8.18. The maximum atomic E-state index is 12.1. The van der Waals surface area contributed by atoms with Crippen molar-refractivity contribution in [3.63, 3.8) is 0 Å². The van der Waals surface area contributed by atoms with Gasteiger partial charge in [0.15, 0.2) is 0 Å². The van der Waals surface area contributed by atoms with E-state index in [1.54, 1.807) is 11.4 Å². The number of amides is 2. The molecule has 0 saturated carbocycles. The molecule has 0 spiro atoms. The number of hydrogen-bond acceptors (Lipinski definition) is 4. The number of para-hydroxylation sites is 1. The van der Waals surface area contributed by atoms with Crippen LogP contribution in [0.15, 0.2) is 35.7 Å². The van der Waals surface area contributed by atoms with Crippen LogP contribution in [0.5, 0.6) is 0 Å². The first-order valence-electron chi connectivity index (χ1n) is 7.15. The molecule has 3 rings (SSSR count). The van der Waals surface area contributed by atoms with Gasteiger partial charge in [-0.25, -0.2) is 0 Å². The normalized spacial score (nSPS) is 13.0. The molecule has 1 aromatic carbocycles. The van der Waals surface area contributed by atoms with Gasteiger partial charge >= 0.3 is 0 Å². The van der Waals surface area contributed by atoms with Gasteiger partial charge in [-0.1, -0.05) is 18.2 Å². The number of nitrogens with one attached hydrogen (secondary N) is 1. The molecule has 114 valence electrons. The molecule has 2 heterocycles. The summed E-state index contributed by atoms with van der Waals surface area (Å²) in [6.45, 7) is 1.61. The first-order valence-corrected chi connectivity index (χ1v) is 8.03. The number of anilines is 2. The highest BCUT2D eigenvalue weighted by Gasteiger charge is 2.19. The van der Waals surface area contributed by atoms with Gasteiger partial charge in [-0.2, -0.15) is 0 Å². The zero-order valence-electron chi connectivity index (χ0n) is 12.0. The number of nitrogens with two attached hydrogens (primary N) is 1. The monoisotopic (exact) mass is 315 g/mol. The summed E-state index contributed by atoms with van der Waals surface area (Å²) in [7, 11) is 0. The Balaban J connectivity index is 1.57. The Kier molecular flexibility index (Phi) is 4.11. The number of thiophene rings is 1. The second kappa shape index (κ2) is 6.19. The van der Waals surface area contributed by atoms with Crippen LogP contribution in [0.1, 0.15) is 22.3 Å². The van der Waals surface area contributed by atoms with Crippen molar-refractivity contribution in [1.29, 1.82) is 0 Å². The van der Waals surface area contributed by atoms with Crippen LogP contribution >= 0.6 is 11.3 Å². The Labute approximate surface area is 132 Å². The van der Waals surface area contributed by atoms with Crippen molar-refractivity contribution in [3.8, 4) is 0 Å². The third-order valence-corrected chi connectivity index (χ3v) is 4.61. The molecule has 2 amide bonds. The molecule has 0 saturated heterocycles. The summed E-state index contributed by atoms with van der Waals surface area (Å²) in [6.07, 6.45) is 1.40. The van der Waals surface area contributed by atoms with Crippen LogP contribution in [0.3, 0.4) is 0 Å². The highest BCUT2D eigenvalue weighted by molar-refractivity contribution is 7.14. The van der Waals surface area contributed by atoms with E-state index in [9.17, 15) is 9.59 Å². The summed E-state index contributed by atoms with van der Waals surface area (Å²) in [5.74, 6) is -0.626. The fourth-order valence-corrected chi connectivity index (χ4v) is 3.47. The van der Waals surface area contributed by atoms with Crippen LogP contribution < -0.4 is 16.0 Å². The lowest BCUT2D eigenvalue weighted by Gasteiger charge is -2.18. The number of carbonyl (C=O) groups is 2. The molecule has 5 nitrogen and oxygen atoms in total. The number of fused-ring (bicyclic) bond motifs is 1. The quantitative estimate of drug-likeness (QED) is 0.888. The second-order valence-corrected chi connectivity index (χ2v) is 6.11. The van der Waals surface area contributed by atoms with E-state index >= 15 is 0 Å². The molecule has 6 heteroatoms. The van der Waals surface area contributed by atoms with Gasteiger partial charge in [0.2, 0.25) is 5.91 Å². The van der Waals surface area contributed by atoms with Gasteiger partial charge in [0.1, 0.15) is 5.00 Å². The summed E-state index contributed by atoms with van der Waals surface area (Å²) in [6, 6.07) is 9.89. The number of hydrogen-bond donors (Lipinski definition) is 2. The van der Waals surface area contributed by atoms with E-state index in [0.29, 0.717) is 23.5 Å². The zero-order chi connectivity index (χ0) is 15.5. The Morgan fingerprint density at radius 1 is 1.27 bits per heavy atom. The van der Waals surface area contributed by atoms with E-state index in [0.717, 1.165) is 13.0 Å². The van der Waals surface area contributed by atoms with Crippen molar-refractivity contribution in [2.24, 2.45) is 5.73 Å². The van der Waals surface area contributed by atoms with E-state index < -0.39 is 5.91 Å². The van der Waals surface area contributed by atoms with Crippen molar-refractivity contribution in [2.45, 2.75) is 12.8 Å². The average Bonchev–Trinajstić information content (AvgIpc) is 3.12. The molecule has 0 fully saturated rings. The fourth-order valence-electron chi connectivity index (χ4n) is 2.66. The maximum Gasteiger partial charge on any atom is 0.251 e. The summed E-state index contributed by atoms with van der Waals surface area (Å²) in [4.78, 5) is 25.5. The molecule has 0 unspecified atom stereocenters. The van der Waals surface area contributed by atoms with E-state index in [1.165, 1.54) is 22.6 Å². The molecule has 0 radical (unpaired) electrons. The molecule has 0 atom stereocenters. The number of rotatable bonds is 5. The Morgan fingerprint density at radius 3 is 2.91 bits per heavy atom. The van der Waals surface area contributed by atoms with Crippen LogP contribution in [0.2, 0.25) is 0 Å². The predicted molar refractivity (Wildman–Crippen MR) is 88.4 cm³/mol. The lowest BCUT2D eigenvalue weighted by atomic mass is 10.2. The van der Waals surface area contributed by atoms with Crippen LogP contribution in [-0.4, -0.2) is 24.9 Å². The van der Waals surface area contributed by atoms with Gasteiger partial charge in [-0.05, 0) is 29.5 Å². The lowest BCUT2D eigenvalue weighted by Crippen LogP contribution is -2.26. The molecule has 1 aromatic heterocycles. The van der Waals surface area contributed by atoms with Crippen molar-refractivity contribution >= 4 is 33.8 Å².